The predicted octanol–water partition coefficient (Wildman–Crippen LogP) is 0.739. The average Bonchev–Trinajstić information content (AvgIpc) is 2.17. The molecule has 0 radical (unpaired) electrons. The Morgan fingerprint density at radius 2 is 1.75 bits per heavy atom. The first-order valence-corrected chi connectivity index (χ1v) is 9.61. The first kappa shape index (κ1) is 20.3. The molecule has 0 heterocycles. The van der Waals surface area contributed by atoms with Gasteiger partial charge in [-0.15, -0.1) is 5.54 Å². The number of nitrogens with two attached hydrogens (primary N) is 1. The fourth-order valence-electron chi connectivity index (χ4n) is 1.65. The van der Waals surface area contributed by atoms with Gasteiger partial charge in [0.05, 0.1) is 0 Å². The summed E-state index contributed by atoms with van der Waals surface area (Å²) in [6.45, 7) is 3.06. The first-order valence-electron chi connectivity index (χ1n) is 6.11. The summed E-state index contributed by atoms with van der Waals surface area (Å²) >= 11 is 0. The van der Waals surface area contributed by atoms with Crippen molar-refractivity contribution in [2.75, 3.05) is 5.73 Å². The Hall–Kier alpha value is 0.288. The third-order valence-corrected chi connectivity index (χ3v) is 3.44. The van der Waals surface area contributed by atoms with Gasteiger partial charge in [0.2, 0.25) is 0 Å². The van der Waals surface area contributed by atoms with Crippen LogP contribution < -0.4 is 57.1 Å². The van der Waals surface area contributed by atoms with Crippen LogP contribution in [0.15, 0.2) is 12.1 Å². The fourth-order valence-corrected chi connectivity index (χ4v) is 2.15. The summed E-state index contributed by atoms with van der Waals surface area (Å²) in [5.74, 6) is 2.99. The number of nitrogen functional groups attached to an aromatic ring is 1. The molecule has 0 fully saturated rings. The van der Waals surface area contributed by atoms with Crippen LogP contribution in [0, 0.1) is 18.4 Å². The Morgan fingerprint density at radius 3 is 2.20 bits per heavy atom. The monoisotopic (exact) mass is 323 g/mol. The topological polar surface area (TPSA) is 26.0 Å². The van der Waals surface area contributed by atoms with E-state index >= 15 is 0 Å². The quantitative estimate of drug-likeness (QED) is 0.485. The normalized spacial score (nSPS) is 11.3. The Labute approximate surface area is 162 Å². The van der Waals surface area contributed by atoms with E-state index in [4.69, 9.17) is 5.73 Å². The van der Waals surface area contributed by atoms with Gasteiger partial charge in [-0.3, -0.25) is 0 Å². The number of halogens is 3. The van der Waals surface area contributed by atoms with Gasteiger partial charge in [0.25, 0.3) is 0 Å². The molecule has 0 aromatic heterocycles. The van der Waals surface area contributed by atoms with Crippen molar-refractivity contribution in [2.45, 2.75) is 32.9 Å². The molecule has 20 heavy (non-hydrogen) atoms. The van der Waals surface area contributed by atoms with Crippen LogP contribution in [0.5, 0.6) is 0 Å². The SMILES string of the molecule is Cc1c(C#C[Si](C)(C)C)cc(N)cc1C[B-](F)(F)F.[K+]. The van der Waals surface area contributed by atoms with Crippen LogP contribution in [0.2, 0.25) is 19.6 Å². The molecule has 0 atom stereocenters. The molecule has 0 bridgehead atoms. The summed E-state index contributed by atoms with van der Waals surface area (Å²) < 4.78 is 37.7. The molecule has 0 saturated heterocycles. The van der Waals surface area contributed by atoms with Crippen molar-refractivity contribution in [2.24, 2.45) is 0 Å². The van der Waals surface area contributed by atoms with Crippen molar-refractivity contribution in [3.05, 3.63) is 28.8 Å². The van der Waals surface area contributed by atoms with Crippen LogP contribution in [0.3, 0.4) is 0 Å². The second-order valence-corrected chi connectivity index (χ2v) is 10.5. The third kappa shape index (κ3) is 7.34. The number of hydrogen-bond acceptors (Lipinski definition) is 1. The second kappa shape index (κ2) is 7.52. The van der Waals surface area contributed by atoms with Crippen molar-refractivity contribution in [1.82, 2.24) is 0 Å². The number of hydrogen-bond donors (Lipinski definition) is 1. The minimum Gasteiger partial charge on any atom is -0.449 e. The van der Waals surface area contributed by atoms with Crippen molar-refractivity contribution in [1.29, 1.82) is 0 Å². The minimum atomic E-state index is -4.86. The molecular weight excluding hydrogens is 305 g/mol. The first-order chi connectivity index (χ1) is 8.48. The van der Waals surface area contributed by atoms with Crippen molar-refractivity contribution < 1.29 is 64.3 Å². The zero-order valence-electron chi connectivity index (χ0n) is 12.7. The summed E-state index contributed by atoms with van der Waals surface area (Å²) in [5, 5.41) is 0. The maximum absolute atomic E-state index is 12.6. The van der Waals surface area contributed by atoms with E-state index in [-0.39, 0.29) is 56.9 Å². The maximum Gasteiger partial charge on any atom is 1.00 e. The van der Waals surface area contributed by atoms with E-state index in [1.165, 1.54) is 6.07 Å². The molecule has 0 unspecified atom stereocenters. The van der Waals surface area contributed by atoms with Crippen LogP contribution in [0.1, 0.15) is 16.7 Å². The van der Waals surface area contributed by atoms with E-state index in [0.717, 1.165) is 0 Å². The zero-order valence-corrected chi connectivity index (χ0v) is 16.8. The molecule has 1 nitrogen and oxygen atoms in total. The van der Waals surface area contributed by atoms with Crippen molar-refractivity contribution in [3.8, 4) is 11.5 Å². The summed E-state index contributed by atoms with van der Waals surface area (Å²) in [6.07, 6.45) is -0.904. The molecule has 1 aromatic carbocycles. The minimum absolute atomic E-state index is 0. The van der Waals surface area contributed by atoms with Gasteiger partial charge in [-0.1, -0.05) is 37.4 Å². The smallest absolute Gasteiger partial charge is 0.449 e. The van der Waals surface area contributed by atoms with Crippen LogP contribution >= 0.6 is 0 Å². The Balaban J connectivity index is 0.00000361. The maximum atomic E-state index is 12.6. The zero-order chi connectivity index (χ0) is 14.8. The molecule has 0 aliphatic heterocycles. The van der Waals surface area contributed by atoms with Gasteiger partial charge in [0.15, 0.2) is 0 Å². The molecule has 7 heteroatoms. The number of anilines is 1. The number of rotatable bonds is 2. The summed E-state index contributed by atoms with van der Waals surface area (Å²) in [4.78, 5) is 0. The van der Waals surface area contributed by atoms with Gasteiger partial charge >= 0.3 is 58.4 Å². The van der Waals surface area contributed by atoms with Crippen LogP contribution in [-0.2, 0) is 6.32 Å². The second-order valence-electron chi connectivity index (χ2n) is 5.77. The van der Waals surface area contributed by atoms with Gasteiger partial charge in [-0.05, 0) is 24.6 Å². The molecule has 104 valence electrons. The number of benzene rings is 1. The van der Waals surface area contributed by atoms with E-state index < -0.39 is 21.4 Å². The molecule has 2 N–H and O–H groups in total. The van der Waals surface area contributed by atoms with Crippen LogP contribution in [-0.4, -0.2) is 15.1 Å². The van der Waals surface area contributed by atoms with E-state index in [0.29, 0.717) is 16.8 Å². The van der Waals surface area contributed by atoms with E-state index in [2.05, 4.69) is 31.1 Å². The molecular formula is C13H18BF3KNSi. The molecule has 1 rings (SSSR count). The van der Waals surface area contributed by atoms with E-state index in [9.17, 15) is 12.9 Å². The molecule has 0 spiro atoms. The molecule has 1 aromatic rings. The van der Waals surface area contributed by atoms with Crippen LogP contribution in [0.25, 0.3) is 0 Å². The van der Waals surface area contributed by atoms with E-state index in [1.54, 1.807) is 13.0 Å². The molecule has 0 aliphatic rings. The predicted molar refractivity (Wildman–Crippen MR) is 78.6 cm³/mol. The van der Waals surface area contributed by atoms with Gasteiger partial charge in [-0.2, -0.15) is 0 Å². The van der Waals surface area contributed by atoms with Crippen molar-refractivity contribution in [3.63, 3.8) is 0 Å². The molecule has 0 aliphatic carbocycles. The fraction of sp³-hybridized carbons (Fsp3) is 0.385. The third-order valence-electron chi connectivity index (χ3n) is 2.56. The van der Waals surface area contributed by atoms with Gasteiger partial charge in [0, 0.05) is 11.3 Å². The Bertz CT molecular complexity index is 542. The largest absolute Gasteiger partial charge is 1.00 e. The molecule has 0 saturated carbocycles. The molecule has 0 amide bonds. The Morgan fingerprint density at radius 1 is 1.20 bits per heavy atom. The standard InChI is InChI=1S/C13H18BF3NSi.K/c1-10-11(5-6-19(2,3)4)7-13(18)8-12(10)9-14(15,16)17;/h7-8H,9,18H2,1-4H3;/q-1;+1. The van der Waals surface area contributed by atoms with Crippen LogP contribution in [0.4, 0.5) is 18.6 Å². The van der Waals surface area contributed by atoms with Crippen molar-refractivity contribution >= 4 is 20.7 Å². The Kier molecular flexibility index (Phi) is 7.63. The van der Waals surface area contributed by atoms with Gasteiger partial charge < -0.3 is 18.7 Å². The summed E-state index contributed by atoms with van der Waals surface area (Å²) in [7, 11) is -1.56. The van der Waals surface area contributed by atoms with E-state index in [1.807, 2.05) is 0 Å². The van der Waals surface area contributed by atoms with Gasteiger partial charge in [0.1, 0.15) is 8.07 Å². The summed E-state index contributed by atoms with van der Waals surface area (Å²) in [6, 6.07) is 3.04. The van der Waals surface area contributed by atoms with Gasteiger partial charge in [-0.25, -0.2) is 0 Å². The summed E-state index contributed by atoms with van der Waals surface area (Å²) in [5.41, 5.74) is 10.6. The average molecular weight is 323 g/mol.